The molecule has 3 nitrogen and oxygen atoms in total. The summed E-state index contributed by atoms with van der Waals surface area (Å²) in [6, 6.07) is 2.00. The number of hydrogen-bond acceptors (Lipinski definition) is 3. The first kappa shape index (κ1) is 10.4. The van der Waals surface area contributed by atoms with Gasteiger partial charge in [-0.15, -0.1) is 0 Å². The van der Waals surface area contributed by atoms with Gasteiger partial charge in [0.15, 0.2) is 0 Å². The molecule has 2 rings (SSSR count). The molecule has 1 aliphatic rings. The highest BCUT2D eigenvalue weighted by Gasteiger charge is 2.19. The van der Waals surface area contributed by atoms with Crippen molar-refractivity contribution in [2.45, 2.75) is 39.5 Å². The SMILES string of the molecule is Cc1cc(C)nc(NCCCC2CC2)n1. The summed E-state index contributed by atoms with van der Waals surface area (Å²) in [6.45, 7) is 5.01. The number of nitrogens with one attached hydrogen (secondary N) is 1. The zero-order chi connectivity index (χ0) is 10.7. The summed E-state index contributed by atoms with van der Waals surface area (Å²) in [5, 5.41) is 3.29. The molecule has 1 aromatic heterocycles. The van der Waals surface area contributed by atoms with E-state index in [4.69, 9.17) is 0 Å². The van der Waals surface area contributed by atoms with Crippen molar-refractivity contribution in [2.24, 2.45) is 5.92 Å². The van der Waals surface area contributed by atoms with E-state index in [-0.39, 0.29) is 0 Å². The van der Waals surface area contributed by atoms with Crippen LogP contribution in [0.1, 0.15) is 37.1 Å². The molecule has 0 bridgehead atoms. The van der Waals surface area contributed by atoms with E-state index in [0.29, 0.717) is 0 Å². The van der Waals surface area contributed by atoms with Crippen LogP contribution in [0.15, 0.2) is 6.07 Å². The number of nitrogens with zero attached hydrogens (tertiary/aromatic N) is 2. The minimum atomic E-state index is 0.781. The summed E-state index contributed by atoms with van der Waals surface area (Å²) in [6.07, 6.45) is 5.49. The molecule has 82 valence electrons. The van der Waals surface area contributed by atoms with Gasteiger partial charge < -0.3 is 5.32 Å². The molecule has 0 radical (unpaired) electrons. The number of aromatic nitrogens is 2. The second-order valence-corrected chi connectivity index (χ2v) is 4.49. The average molecular weight is 205 g/mol. The Morgan fingerprint density at radius 3 is 2.53 bits per heavy atom. The van der Waals surface area contributed by atoms with Crippen molar-refractivity contribution in [3.8, 4) is 0 Å². The van der Waals surface area contributed by atoms with E-state index in [9.17, 15) is 0 Å². The first-order valence-corrected chi connectivity index (χ1v) is 5.80. The van der Waals surface area contributed by atoms with Crippen LogP contribution in [0.4, 0.5) is 5.95 Å². The third kappa shape index (κ3) is 3.50. The smallest absolute Gasteiger partial charge is 0.223 e. The predicted octanol–water partition coefficient (Wildman–Crippen LogP) is 2.70. The molecule has 1 heterocycles. The van der Waals surface area contributed by atoms with Crippen LogP contribution in [0, 0.1) is 19.8 Å². The highest BCUT2D eigenvalue weighted by molar-refractivity contribution is 5.27. The second-order valence-electron chi connectivity index (χ2n) is 4.49. The van der Waals surface area contributed by atoms with Crippen molar-refractivity contribution < 1.29 is 0 Å². The van der Waals surface area contributed by atoms with Crippen LogP contribution in [0.2, 0.25) is 0 Å². The lowest BCUT2D eigenvalue weighted by Crippen LogP contribution is -2.07. The molecule has 3 heteroatoms. The Bertz CT molecular complexity index is 311. The van der Waals surface area contributed by atoms with Gasteiger partial charge in [0.2, 0.25) is 5.95 Å². The minimum Gasteiger partial charge on any atom is -0.354 e. The Kier molecular flexibility index (Phi) is 3.19. The van der Waals surface area contributed by atoms with Crippen LogP contribution in [-0.4, -0.2) is 16.5 Å². The molecular weight excluding hydrogens is 186 g/mol. The minimum absolute atomic E-state index is 0.781. The van der Waals surface area contributed by atoms with E-state index in [1.54, 1.807) is 0 Å². The van der Waals surface area contributed by atoms with Gasteiger partial charge in [-0.3, -0.25) is 0 Å². The van der Waals surface area contributed by atoms with Crippen molar-refractivity contribution in [3.63, 3.8) is 0 Å². The third-order valence-corrected chi connectivity index (χ3v) is 2.75. The number of rotatable bonds is 5. The van der Waals surface area contributed by atoms with Crippen LogP contribution in [0.5, 0.6) is 0 Å². The number of aryl methyl sites for hydroxylation is 2. The summed E-state index contributed by atoms with van der Waals surface area (Å²) in [5.41, 5.74) is 2.07. The third-order valence-electron chi connectivity index (χ3n) is 2.75. The Balaban J connectivity index is 1.76. The van der Waals surface area contributed by atoms with Crippen LogP contribution in [0.3, 0.4) is 0 Å². The summed E-state index contributed by atoms with van der Waals surface area (Å²) in [5.74, 6) is 1.80. The van der Waals surface area contributed by atoms with Gasteiger partial charge in [-0.05, 0) is 38.7 Å². The van der Waals surface area contributed by atoms with E-state index >= 15 is 0 Å². The topological polar surface area (TPSA) is 37.8 Å². The van der Waals surface area contributed by atoms with Gasteiger partial charge in [-0.1, -0.05) is 12.8 Å². The molecule has 0 saturated heterocycles. The van der Waals surface area contributed by atoms with Gasteiger partial charge in [0.05, 0.1) is 0 Å². The molecule has 1 fully saturated rings. The number of hydrogen-bond donors (Lipinski definition) is 1. The van der Waals surface area contributed by atoms with Gasteiger partial charge in [0, 0.05) is 17.9 Å². The zero-order valence-electron chi connectivity index (χ0n) is 9.58. The molecule has 0 atom stereocenters. The van der Waals surface area contributed by atoms with Crippen LogP contribution < -0.4 is 5.32 Å². The van der Waals surface area contributed by atoms with Crippen molar-refractivity contribution in [1.82, 2.24) is 9.97 Å². The lowest BCUT2D eigenvalue weighted by Gasteiger charge is -2.05. The largest absolute Gasteiger partial charge is 0.354 e. The molecule has 1 saturated carbocycles. The summed E-state index contributed by atoms with van der Waals surface area (Å²) < 4.78 is 0. The van der Waals surface area contributed by atoms with Gasteiger partial charge in [0.25, 0.3) is 0 Å². The predicted molar refractivity (Wildman–Crippen MR) is 62.0 cm³/mol. The monoisotopic (exact) mass is 205 g/mol. The molecule has 1 aromatic rings. The quantitative estimate of drug-likeness (QED) is 0.751. The fourth-order valence-electron chi connectivity index (χ4n) is 1.80. The van der Waals surface area contributed by atoms with E-state index in [2.05, 4.69) is 15.3 Å². The fourth-order valence-corrected chi connectivity index (χ4v) is 1.80. The molecule has 0 aromatic carbocycles. The molecule has 15 heavy (non-hydrogen) atoms. The van der Waals surface area contributed by atoms with Crippen LogP contribution in [-0.2, 0) is 0 Å². The standard InChI is InChI=1S/C12H19N3/c1-9-8-10(2)15-12(14-9)13-7-3-4-11-5-6-11/h8,11H,3-7H2,1-2H3,(H,13,14,15). The zero-order valence-corrected chi connectivity index (χ0v) is 9.58. The number of anilines is 1. The Hall–Kier alpha value is -1.12. The van der Waals surface area contributed by atoms with Crippen molar-refractivity contribution in [3.05, 3.63) is 17.5 Å². The van der Waals surface area contributed by atoms with Crippen molar-refractivity contribution in [1.29, 1.82) is 0 Å². The highest BCUT2D eigenvalue weighted by Crippen LogP contribution is 2.33. The van der Waals surface area contributed by atoms with E-state index in [0.717, 1.165) is 29.8 Å². The Labute approximate surface area is 91.3 Å². The summed E-state index contributed by atoms with van der Waals surface area (Å²) in [4.78, 5) is 8.69. The van der Waals surface area contributed by atoms with E-state index in [1.165, 1.54) is 25.7 Å². The van der Waals surface area contributed by atoms with E-state index in [1.807, 2.05) is 19.9 Å². The molecule has 0 unspecified atom stereocenters. The van der Waals surface area contributed by atoms with Crippen molar-refractivity contribution in [2.75, 3.05) is 11.9 Å². The van der Waals surface area contributed by atoms with Crippen LogP contribution >= 0.6 is 0 Å². The normalized spacial score (nSPS) is 15.3. The average Bonchev–Trinajstić information content (AvgIpc) is 2.94. The lowest BCUT2D eigenvalue weighted by molar-refractivity contribution is 0.685. The molecule has 0 amide bonds. The summed E-state index contributed by atoms with van der Waals surface area (Å²) >= 11 is 0. The highest BCUT2D eigenvalue weighted by atomic mass is 15.1. The molecule has 0 aliphatic heterocycles. The molecular formula is C12H19N3. The fraction of sp³-hybridized carbons (Fsp3) is 0.667. The van der Waals surface area contributed by atoms with Crippen molar-refractivity contribution >= 4 is 5.95 Å². The van der Waals surface area contributed by atoms with Gasteiger partial charge in [-0.2, -0.15) is 0 Å². The molecule has 0 spiro atoms. The molecule has 1 N–H and O–H groups in total. The molecule has 1 aliphatic carbocycles. The van der Waals surface area contributed by atoms with Crippen LogP contribution in [0.25, 0.3) is 0 Å². The van der Waals surface area contributed by atoms with Gasteiger partial charge in [0.1, 0.15) is 0 Å². The lowest BCUT2D eigenvalue weighted by atomic mass is 10.2. The first-order chi connectivity index (χ1) is 7.24. The van der Waals surface area contributed by atoms with E-state index < -0.39 is 0 Å². The maximum absolute atomic E-state index is 4.34. The summed E-state index contributed by atoms with van der Waals surface area (Å²) in [7, 11) is 0. The maximum atomic E-state index is 4.34. The Morgan fingerprint density at radius 2 is 1.93 bits per heavy atom. The van der Waals surface area contributed by atoms with Gasteiger partial charge in [-0.25, -0.2) is 9.97 Å². The maximum Gasteiger partial charge on any atom is 0.223 e. The second kappa shape index (κ2) is 4.60. The van der Waals surface area contributed by atoms with Gasteiger partial charge >= 0.3 is 0 Å². The first-order valence-electron chi connectivity index (χ1n) is 5.80. The Morgan fingerprint density at radius 1 is 1.27 bits per heavy atom.